The lowest BCUT2D eigenvalue weighted by Crippen LogP contribution is -2.11. The largest absolute Gasteiger partial charge is 0.480 e. The van der Waals surface area contributed by atoms with E-state index in [0.29, 0.717) is 13.2 Å². The number of aliphatic carboxylic acids is 1. The minimum Gasteiger partial charge on any atom is -0.480 e. The third kappa shape index (κ3) is 5.43. The minimum absolute atomic E-state index is 0.230. The molecule has 16 heavy (non-hydrogen) atoms. The van der Waals surface area contributed by atoms with Gasteiger partial charge in [0.1, 0.15) is 12.4 Å². The number of ether oxygens (including phenoxy) is 2. The third-order valence-corrected chi connectivity index (χ3v) is 1.78. The van der Waals surface area contributed by atoms with Gasteiger partial charge in [0.05, 0.1) is 19.8 Å². The molecule has 0 fully saturated rings. The molecule has 88 valence electrons. The summed E-state index contributed by atoms with van der Waals surface area (Å²) in [7, 11) is 0. The number of hydrogen-bond donors (Lipinski definition) is 1. The maximum atomic E-state index is 12.5. The zero-order valence-corrected chi connectivity index (χ0v) is 8.69. The van der Waals surface area contributed by atoms with Crippen molar-refractivity contribution in [2.45, 2.75) is 6.61 Å². The van der Waals surface area contributed by atoms with Gasteiger partial charge in [-0.2, -0.15) is 0 Å². The highest BCUT2D eigenvalue weighted by atomic mass is 19.1. The van der Waals surface area contributed by atoms with Crippen LogP contribution in [0.4, 0.5) is 4.39 Å². The van der Waals surface area contributed by atoms with Gasteiger partial charge in [-0.15, -0.1) is 0 Å². The number of carbonyl (C=O) groups is 1. The van der Waals surface area contributed by atoms with Crippen LogP contribution in [-0.2, 0) is 20.9 Å². The standard InChI is InChI=1S/C11H13FO4/c12-10-3-1-9(2-4-10)7-15-5-6-16-8-11(13)14/h1-4H,5-8H2,(H,13,14). The van der Waals surface area contributed by atoms with Crippen molar-refractivity contribution in [1.29, 1.82) is 0 Å². The lowest BCUT2D eigenvalue weighted by molar-refractivity contribution is -0.142. The highest BCUT2D eigenvalue weighted by molar-refractivity contribution is 5.67. The van der Waals surface area contributed by atoms with Crippen molar-refractivity contribution >= 4 is 5.97 Å². The summed E-state index contributed by atoms with van der Waals surface area (Å²) >= 11 is 0. The summed E-state index contributed by atoms with van der Waals surface area (Å²) in [6.45, 7) is 0.578. The van der Waals surface area contributed by atoms with Gasteiger partial charge >= 0.3 is 5.97 Å². The number of carboxylic acids is 1. The molecule has 0 atom stereocenters. The summed E-state index contributed by atoms with van der Waals surface area (Å²) < 4.78 is 22.5. The summed E-state index contributed by atoms with van der Waals surface area (Å²) in [5.74, 6) is -1.29. The second kappa shape index (κ2) is 6.92. The number of hydrogen-bond acceptors (Lipinski definition) is 3. The van der Waals surface area contributed by atoms with E-state index >= 15 is 0 Å². The number of carboxylic acid groups (broad SMARTS) is 1. The Hall–Kier alpha value is -1.46. The Balaban J connectivity index is 2.07. The molecular weight excluding hydrogens is 215 g/mol. The molecule has 0 bridgehead atoms. The Morgan fingerprint density at radius 3 is 2.44 bits per heavy atom. The van der Waals surface area contributed by atoms with Gasteiger partial charge in [0.15, 0.2) is 0 Å². The van der Waals surface area contributed by atoms with Crippen LogP contribution in [0.3, 0.4) is 0 Å². The molecule has 1 aromatic carbocycles. The molecule has 4 nitrogen and oxygen atoms in total. The zero-order valence-electron chi connectivity index (χ0n) is 8.69. The fraction of sp³-hybridized carbons (Fsp3) is 0.364. The average Bonchev–Trinajstić information content (AvgIpc) is 2.25. The van der Waals surface area contributed by atoms with Crippen LogP contribution in [0.25, 0.3) is 0 Å². The Kier molecular flexibility index (Phi) is 5.45. The molecule has 0 aromatic heterocycles. The van der Waals surface area contributed by atoms with E-state index in [9.17, 15) is 9.18 Å². The maximum Gasteiger partial charge on any atom is 0.329 e. The maximum absolute atomic E-state index is 12.5. The first-order valence-corrected chi connectivity index (χ1v) is 4.80. The second-order valence-electron chi connectivity index (χ2n) is 3.13. The molecule has 0 spiro atoms. The minimum atomic E-state index is -1.00. The molecule has 0 radical (unpaired) electrons. The molecule has 0 amide bonds. The summed E-state index contributed by atoms with van der Waals surface area (Å²) in [5, 5.41) is 8.27. The third-order valence-electron chi connectivity index (χ3n) is 1.78. The molecule has 0 unspecified atom stereocenters. The number of benzene rings is 1. The predicted molar refractivity (Wildman–Crippen MR) is 54.5 cm³/mol. The monoisotopic (exact) mass is 228 g/mol. The van der Waals surface area contributed by atoms with Crippen molar-refractivity contribution in [3.8, 4) is 0 Å². The number of halogens is 1. The van der Waals surface area contributed by atoms with E-state index in [4.69, 9.17) is 14.6 Å². The highest BCUT2D eigenvalue weighted by Crippen LogP contribution is 2.03. The Morgan fingerprint density at radius 1 is 1.19 bits per heavy atom. The summed E-state index contributed by atoms with van der Waals surface area (Å²) in [4.78, 5) is 10.1. The Bertz CT molecular complexity index is 323. The van der Waals surface area contributed by atoms with Crippen LogP contribution in [0.1, 0.15) is 5.56 Å². The van der Waals surface area contributed by atoms with E-state index in [1.807, 2.05) is 0 Å². The molecule has 1 aromatic rings. The van der Waals surface area contributed by atoms with E-state index < -0.39 is 5.97 Å². The van der Waals surface area contributed by atoms with E-state index in [2.05, 4.69) is 0 Å². The van der Waals surface area contributed by atoms with E-state index in [1.165, 1.54) is 12.1 Å². The first-order valence-electron chi connectivity index (χ1n) is 4.80. The van der Waals surface area contributed by atoms with Crippen LogP contribution >= 0.6 is 0 Å². The molecule has 1 N–H and O–H groups in total. The second-order valence-corrected chi connectivity index (χ2v) is 3.13. The predicted octanol–water partition coefficient (Wildman–Crippen LogP) is 1.44. The quantitative estimate of drug-likeness (QED) is 0.717. The van der Waals surface area contributed by atoms with E-state index in [1.54, 1.807) is 12.1 Å². The average molecular weight is 228 g/mol. The normalized spacial score (nSPS) is 10.3. The Morgan fingerprint density at radius 2 is 1.81 bits per heavy atom. The van der Waals surface area contributed by atoms with Crippen molar-refractivity contribution in [2.24, 2.45) is 0 Å². The van der Waals surface area contributed by atoms with Gasteiger partial charge in [-0.05, 0) is 17.7 Å². The lowest BCUT2D eigenvalue weighted by Gasteiger charge is -2.04. The van der Waals surface area contributed by atoms with Crippen LogP contribution in [-0.4, -0.2) is 30.9 Å². The van der Waals surface area contributed by atoms with Crippen molar-refractivity contribution in [1.82, 2.24) is 0 Å². The summed E-state index contributed by atoms with van der Waals surface area (Å²) in [5.41, 5.74) is 0.861. The summed E-state index contributed by atoms with van der Waals surface area (Å²) in [6.07, 6.45) is 0. The topological polar surface area (TPSA) is 55.8 Å². The van der Waals surface area contributed by atoms with Crippen LogP contribution in [0.5, 0.6) is 0 Å². The first kappa shape index (κ1) is 12.6. The van der Waals surface area contributed by atoms with Crippen LogP contribution in [0.15, 0.2) is 24.3 Å². The van der Waals surface area contributed by atoms with Crippen LogP contribution in [0, 0.1) is 5.82 Å². The molecule has 0 saturated carbocycles. The molecule has 0 aliphatic rings. The molecule has 0 heterocycles. The number of rotatable bonds is 7. The smallest absolute Gasteiger partial charge is 0.329 e. The first-order chi connectivity index (χ1) is 7.68. The van der Waals surface area contributed by atoms with Crippen LogP contribution in [0.2, 0.25) is 0 Å². The van der Waals surface area contributed by atoms with Gasteiger partial charge in [-0.1, -0.05) is 12.1 Å². The molecule has 0 aliphatic heterocycles. The lowest BCUT2D eigenvalue weighted by atomic mass is 10.2. The van der Waals surface area contributed by atoms with Gasteiger partial charge in [0.2, 0.25) is 0 Å². The SMILES string of the molecule is O=C(O)COCCOCc1ccc(F)cc1. The highest BCUT2D eigenvalue weighted by Gasteiger charge is 1.97. The van der Waals surface area contributed by atoms with Gasteiger partial charge < -0.3 is 14.6 Å². The molecular formula is C11H13FO4. The van der Waals surface area contributed by atoms with Crippen molar-refractivity contribution in [3.05, 3.63) is 35.6 Å². The fourth-order valence-electron chi connectivity index (χ4n) is 1.05. The van der Waals surface area contributed by atoms with Gasteiger partial charge in [0.25, 0.3) is 0 Å². The van der Waals surface area contributed by atoms with E-state index in [-0.39, 0.29) is 19.0 Å². The molecule has 5 heteroatoms. The van der Waals surface area contributed by atoms with Crippen molar-refractivity contribution in [3.63, 3.8) is 0 Å². The van der Waals surface area contributed by atoms with Gasteiger partial charge in [-0.25, -0.2) is 9.18 Å². The summed E-state index contributed by atoms with van der Waals surface area (Å²) in [6, 6.07) is 5.99. The molecule has 1 rings (SSSR count). The Labute approximate surface area is 92.6 Å². The van der Waals surface area contributed by atoms with Crippen molar-refractivity contribution in [2.75, 3.05) is 19.8 Å². The molecule has 0 saturated heterocycles. The molecule has 0 aliphatic carbocycles. The van der Waals surface area contributed by atoms with Gasteiger partial charge in [0, 0.05) is 0 Å². The van der Waals surface area contributed by atoms with E-state index in [0.717, 1.165) is 5.56 Å². The fourth-order valence-corrected chi connectivity index (χ4v) is 1.05. The zero-order chi connectivity index (χ0) is 11.8. The van der Waals surface area contributed by atoms with Crippen molar-refractivity contribution < 1.29 is 23.8 Å². The van der Waals surface area contributed by atoms with Gasteiger partial charge in [-0.3, -0.25) is 0 Å². The van der Waals surface area contributed by atoms with Crippen LogP contribution < -0.4 is 0 Å².